The second-order valence-corrected chi connectivity index (χ2v) is 11.2. The highest BCUT2D eigenvalue weighted by Crippen LogP contribution is 2.38. The highest BCUT2D eigenvalue weighted by molar-refractivity contribution is 7.90. The summed E-state index contributed by atoms with van der Waals surface area (Å²) in [5.41, 5.74) is 5.60. The van der Waals surface area contributed by atoms with Crippen molar-refractivity contribution >= 4 is 27.6 Å². The second kappa shape index (κ2) is 9.27. The Bertz CT molecular complexity index is 1250. The van der Waals surface area contributed by atoms with Gasteiger partial charge in [-0.1, -0.05) is 6.07 Å². The molecule has 2 heterocycles. The average Bonchev–Trinajstić information content (AvgIpc) is 3.58. The molecule has 1 saturated heterocycles. The summed E-state index contributed by atoms with van der Waals surface area (Å²) in [6.45, 7) is 1.17. The van der Waals surface area contributed by atoms with E-state index in [1.165, 1.54) is 28.9 Å². The molecule has 1 fully saturated rings. The first-order valence-corrected chi connectivity index (χ1v) is 13.6. The molecule has 1 aromatic heterocycles. The van der Waals surface area contributed by atoms with Crippen molar-refractivity contribution in [2.45, 2.75) is 62.4 Å². The van der Waals surface area contributed by atoms with Gasteiger partial charge in [0.2, 0.25) is 0 Å². The maximum atomic E-state index is 13.0. The topological polar surface area (TPSA) is 123 Å². The van der Waals surface area contributed by atoms with Crippen molar-refractivity contribution in [2.75, 3.05) is 25.6 Å². The number of hydrogen-bond acceptors (Lipinski definition) is 6. The number of nitrogens with zero attached hydrogens (tertiary/aromatic N) is 3. The molecule has 0 bridgehead atoms. The highest BCUT2D eigenvalue weighted by Gasteiger charge is 2.30. The Kier molecular flexibility index (Phi) is 6.30. The molecule has 1 aliphatic heterocycles. The van der Waals surface area contributed by atoms with Crippen molar-refractivity contribution in [3.8, 4) is 0 Å². The van der Waals surface area contributed by atoms with Gasteiger partial charge in [-0.15, -0.1) is 0 Å². The lowest BCUT2D eigenvalue weighted by Crippen LogP contribution is -2.41. The van der Waals surface area contributed by atoms with Crippen LogP contribution in [0.25, 0.3) is 0 Å². The van der Waals surface area contributed by atoms with Crippen LogP contribution in [-0.2, 0) is 47.5 Å². The van der Waals surface area contributed by atoms with E-state index in [1.807, 2.05) is 0 Å². The van der Waals surface area contributed by atoms with Gasteiger partial charge < -0.3 is 15.0 Å². The lowest BCUT2D eigenvalue weighted by Gasteiger charge is -2.31. The monoisotopic (exact) mass is 501 g/mol. The Morgan fingerprint density at radius 1 is 1.06 bits per heavy atom. The number of sulfonamides is 1. The van der Waals surface area contributed by atoms with Crippen LogP contribution in [0.3, 0.4) is 0 Å². The standard InChI is InChI=1S/C24H31N5O5S/c1-28(17-9-11-34-12-10-17)23(30)20-14-21(26-29(20)2)35(32,33)27-24(31)25-22-18-7-3-5-15(18)13-16-6-4-8-19(16)22/h13-14,17H,3-12H2,1-2H3,(H2,25,27,31). The van der Waals surface area contributed by atoms with Crippen LogP contribution in [0.2, 0.25) is 0 Å². The van der Waals surface area contributed by atoms with Gasteiger partial charge in [0.15, 0.2) is 5.03 Å². The Labute approximate surface area is 205 Å². The molecule has 0 saturated carbocycles. The zero-order valence-electron chi connectivity index (χ0n) is 20.1. The zero-order valence-corrected chi connectivity index (χ0v) is 20.9. The number of nitrogens with one attached hydrogen (secondary N) is 2. The molecule has 11 heteroatoms. The third-order valence-corrected chi connectivity index (χ3v) is 8.55. The number of carbonyl (C=O) groups is 2. The fraction of sp³-hybridized carbons (Fsp3) is 0.542. The first kappa shape index (κ1) is 23.8. The van der Waals surface area contributed by atoms with Crippen molar-refractivity contribution in [3.05, 3.63) is 40.1 Å². The van der Waals surface area contributed by atoms with Crippen molar-refractivity contribution in [1.29, 1.82) is 0 Å². The van der Waals surface area contributed by atoms with Crippen molar-refractivity contribution in [2.24, 2.45) is 7.05 Å². The number of aromatic nitrogens is 2. The summed E-state index contributed by atoms with van der Waals surface area (Å²) >= 11 is 0. The molecular formula is C24H31N5O5S. The first-order valence-electron chi connectivity index (χ1n) is 12.1. The van der Waals surface area contributed by atoms with Gasteiger partial charge in [-0.2, -0.15) is 13.5 Å². The molecule has 0 atom stereocenters. The summed E-state index contributed by atoms with van der Waals surface area (Å²) in [5, 5.41) is 6.47. The van der Waals surface area contributed by atoms with Gasteiger partial charge in [0.05, 0.1) is 0 Å². The smallest absolute Gasteiger partial charge is 0.333 e. The van der Waals surface area contributed by atoms with E-state index in [0.29, 0.717) is 13.2 Å². The van der Waals surface area contributed by atoms with Crippen molar-refractivity contribution < 1.29 is 22.7 Å². The van der Waals surface area contributed by atoms with Gasteiger partial charge in [-0.05, 0) is 73.6 Å². The Hall–Kier alpha value is -2.92. The van der Waals surface area contributed by atoms with E-state index in [0.717, 1.165) is 68.2 Å². The third-order valence-electron chi connectivity index (χ3n) is 7.35. The van der Waals surface area contributed by atoms with Crippen LogP contribution in [0, 0.1) is 0 Å². The van der Waals surface area contributed by atoms with E-state index < -0.39 is 16.1 Å². The quantitative estimate of drug-likeness (QED) is 0.647. The summed E-state index contributed by atoms with van der Waals surface area (Å²) in [5.74, 6) is -0.326. The van der Waals surface area contributed by atoms with E-state index in [-0.39, 0.29) is 22.7 Å². The predicted molar refractivity (Wildman–Crippen MR) is 129 cm³/mol. The molecule has 5 rings (SSSR count). The minimum Gasteiger partial charge on any atom is -0.381 e. The maximum Gasteiger partial charge on any atom is 0.333 e. The maximum absolute atomic E-state index is 13.0. The predicted octanol–water partition coefficient (Wildman–Crippen LogP) is 2.16. The average molecular weight is 502 g/mol. The van der Waals surface area contributed by atoms with Gasteiger partial charge in [0.25, 0.3) is 15.9 Å². The SMILES string of the molecule is CN(C(=O)c1cc(S(=O)(=O)NC(=O)Nc2c3c(cc4c2CCC4)CCC3)nn1C)C1CCOCC1. The number of amides is 3. The number of rotatable bonds is 5. The summed E-state index contributed by atoms with van der Waals surface area (Å²) in [6, 6.07) is 2.65. The van der Waals surface area contributed by atoms with Crippen LogP contribution in [-0.4, -0.2) is 61.3 Å². The van der Waals surface area contributed by atoms with Crippen LogP contribution in [0.1, 0.15) is 58.4 Å². The first-order chi connectivity index (χ1) is 16.7. The number of carbonyl (C=O) groups excluding carboxylic acids is 2. The number of fused-ring (bicyclic) bond motifs is 2. The number of hydrogen-bond donors (Lipinski definition) is 2. The molecule has 3 amide bonds. The van der Waals surface area contributed by atoms with Crippen LogP contribution in [0.5, 0.6) is 0 Å². The van der Waals surface area contributed by atoms with Gasteiger partial charge in [-0.3, -0.25) is 9.48 Å². The van der Waals surface area contributed by atoms with Gasteiger partial charge in [0.1, 0.15) is 5.69 Å². The van der Waals surface area contributed by atoms with Gasteiger partial charge in [0, 0.05) is 45.1 Å². The zero-order chi connectivity index (χ0) is 24.7. The molecule has 10 nitrogen and oxygen atoms in total. The summed E-state index contributed by atoms with van der Waals surface area (Å²) in [4.78, 5) is 27.4. The highest BCUT2D eigenvalue weighted by atomic mass is 32.2. The molecular weight excluding hydrogens is 470 g/mol. The number of benzene rings is 1. The summed E-state index contributed by atoms with van der Waals surface area (Å²) in [7, 11) is -1.07. The van der Waals surface area contributed by atoms with Crippen molar-refractivity contribution in [3.63, 3.8) is 0 Å². The normalized spacial score (nSPS) is 17.7. The van der Waals surface area contributed by atoms with Crippen molar-refractivity contribution in [1.82, 2.24) is 19.4 Å². The Morgan fingerprint density at radius 2 is 1.69 bits per heavy atom. The van der Waals surface area contributed by atoms with E-state index in [1.54, 1.807) is 11.9 Å². The third kappa shape index (κ3) is 4.54. The number of urea groups is 1. The van der Waals surface area contributed by atoms with E-state index >= 15 is 0 Å². The molecule has 188 valence electrons. The van der Waals surface area contributed by atoms with E-state index in [9.17, 15) is 18.0 Å². The van der Waals surface area contributed by atoms with E-state index in [4.69, 9.17) is 4.74 Å². The molecule has 0 unspecified atom stereocenters. The Balaban J connectivity index is 1.32. The van der Waals surface area contributed by atoms with Crippen LogP contribution < -0.4 is 10.0 Å². The van der Waals surface area contributed by atoms with Crippen LogP contribution in [0.15, 0.2) is 17.2 Å². The summed E-state index contributed by atoms with van der Waals surface area (Å²) < 4.78 is 34.6. The molecule has 1 aromatic carbocycles. The second-order valence-electron chi connectivity index (χ2n) is 9.54. The molecule has 0 spiro atoms. The van der Waals surface area contributed by atoms with Crippen LogP contribution >= 0.6 is 0 Å². The Morgan fingerprint density at radius 3 is 2.31 bits per heavy atom. The molecule has 2 aromatic rings. The van der Waals surface area contributed by atoms with Crippen LogP contribution in [0.4, 0.5) is 10.5 Å². The van der Waals surface area contributed by atoms with E-state index in [2.05, 4.69) is 21.2 Å². The largest absolute Gasteiger partial charge is 0.381 e. The molecule has 2 aliphatic carbocycles. The number of aryl methyl sites for hydroxylation is 3. The number of ether oxygens (including phenoxy) is 1. The van der Waals surface area contributed by atoms with Gasteiger partial charge in [-0.25, -0.2) is 9.52 Å². The molecule has 0 radical (unpaired) electrons. The lowest BCUT2D eigenvalue weighted by atomic mass is 9.99. The minimum absolute atomic E-state index is 0.0180. The summed E-state index contributed by atoms with van der Waals surface area (Å²) in [6.07, 6.45) is 7.20. The molecule has 35 heavy (non-hydrogen) atoms. The number of anilines is 1. The fourth-order valence-electron chi connectivity index (χ4n) is 5.47. The minimum atomic E-state index is -4.28. The van der Waals surface area contributed by atoms with Gasteiger partial charge >= 0.3 is 6.03 Å². The molecule has 2 N–H and O–H groups in total. The molecule has 3 aliphatic rings. The fourth-order valence-corrected chi connectivity index (χ4v) is 6.37. The lowest BCUT2D eigenvalue weighted by molar-refractivity contribution is 0.0356.